The molecule has 1 aliphatic heterocycles. The molecule has 0 bridgehead atoms. The lowest BCUT2D eigenvalue weighted by Crippen LogP contribution is -2.52. The van der Waals surface area contributed by atoms with Crippen LogP contribution in [0.3, 0.4) is 0 Å². The van der Waals surface area contributed by atoms with Crippen molar-refractivity contribution in [3.63, 3.8) is 0 Å². The minimum atomic E-state index is -2.85. The first kappa shape index (κ1) is 29.1. The number of ether oxygens (including phenoxy) is 2. The standard InChI is InChI=1S/C26H22ClF2N5O8/c27-25-32-20(30)17-21(33-25)34(10-31-17)22-16(29)19(36)15(42-22)9-41-26(23(37)38,24(39)40)8-11-4-6-12(7-5-11)13-2-1-3-14(28)18(13)35/h1-7,10,15-16,19,22,35-36H,8-9H2,(H,37,38)(H,39,40)(H2,30,32,33)/t15-,16+,19-,22-/m1/s1. The van der Waals surface area contributed by atoms with Gasteiger partial charge in [-0.05, 0) is 28.8 Å². The maximum Gasteiger partial charge on any atom is 0.348 e. The number of nitrogen functional groups attached to an aromatic ring is 1. The number of aliphatic hydroxyl groups is 1. The van der Waals surface area contributed by atoms with E-state index in [2.05, 4.69) is 15.0 Å². The number of hydrogen-bond donors (Lipinski definition) is 5. The Kier molecular flexibility index (Phi) is 7.68. The van der Waals surface area contributed by atoms with Crippen molar-refractivity contribution in [2.75, 3.05) is 12.3 Å². The van der Waals surface area contributed by atoms with Gasteiger partial charge in [-0.25, -0.2) is 23.4 Å². The largest absolute Gasteiger partial charge is 0.504 e. The van der Waals surface area contributed by atoms with E-state index in [1.165, 1.54) is 36.4 Å². The van der Waals surface area contributed by atoms with Crippen LogP contribution in [-0.2, 0) is 25.5 Å². The number of carboxylic acids is 2. The lowest BCUT2D eigenvalue weighted by Gasteiger charge is -2.27. The zero-order valence-electron chi connectivity index (χ0n) is 21.3. The molecule has 42 heavy (non-hydrogen) atoms. The molecule has 1 saturated heterocycles. The average Bonchev–Trinajstić information content (AvgIpc) is 3.48. The first-order valence-electron chi connectivity index (χ1n) is 12.2. The van der Waals surface area contributed by atoms with Gasteiger partial charge in [-0.15, -0.1) is 0 Å². The van der Waals surface area contributed by atoms with Crippen molar-refractivity contribution in [2.24, 2.45) is 0 Å². The molecule has 0 aliphatic carbocycles. The molecule has 6 N–H and O–H groups in total. The number of para-hydroxylation sites is 1. The SMILES string of the molecule is Nc1nc(Cl)nc2c1ncn2[C@@H]1O[C@H](COC(Cc2ccc(-c3cccc(F)c3O)cc2)(C(=O)O)C(=O)O)[C@@H](O)[C@@H]1F. The number of benzene rings is 2. The number of imidazole rings is 1. The number of halogens is 3. The Labute approximate surface area is 239 Å². The van der Waals surface area contributed by atoms with Gasteiger partial charge in [0.1, 0.15) is 17.7 Å². The molecule has 0 spiro atoms. The van der Waals surface area contributed by atoms with E-state index in [1.807, 2.05) is 0 Å². The van der Waals surface area contributed by atoms with E-state index >= 15 is 4.39 Å². The molecule has 3 heterocycles. The molecule has 0 unspecified atom stereocenters. The highest BCUT2D eigenvalue weighted by molar-refractivity contribution is 6.28. The number of anilines is 1. The topological polar surface area (TPSA) is 203 Å². The maximum absolute atomic E-state index is 15.2. The summed E-state index contributed by atoms with van der Waals surface area (Å²) in [6, 6.07) is 9.61. The monoisotopic (exact) mass is 605 g/mol. The zero-order chi connectivity index (χ0) is 30.3. The van der Waals surface area contributed by atoms with E-state index in [9.17, 15) is 34.4 Å². The van der Waals surface area contributed by atoms with Gasteiger partial charge in [0.05, 0.1) is 12.9 Å². The predicted molar refractivity (Wildman–Crippen MR) is 141 cm³/mol. The highest BCUT2D eigenvalue weighted by Crippen LogP contribution is 2.36. The van der Waals surface area contributed by atoms with Crippen molar-refractivity contribution in [2.45, 2.75) is 36.6 Å². The molecule has 2 aromatic heterocycles. The smallest absolute Gasteiger partial charge is 0.348 e. The molecule has 16 heteroatoms. The number of nitrogens with zero attached hydrogens (tertiary/aromatic N) is 4. The van der Waals surface area contributed by atoms with Crippen LogP contribution in [0.25, 0.3) is 22.3 Å². The van der Waals surface area contributed by atoms with Crippen LogP contribution in [0.15, 0.2) is 48.8 Å². The number of rotatable bonds is 9. The normalized spacial score (nSPS) is 20.7. The second-order valence-electron chi connectivity index (χ2n) is 9.46. The number of carbonyl (C=O) groups is 2. The highest BCUT2D eigenvalue weighted by atomic mass is 35.5. The number of aromatic nitrogens is 4. The Bertz CT molecular complexity index is 1660. The van der Waals surface area contributed by atoms with Gasteiger partial charge < -0.3 is 35.6 Å². The summed E-state index contributed by atoms with van der Waals surface area (Å²) < 4.78 is 41.0. The molecule has 2 aromatic carbocycles. The summed E-state index contributed by atoms with van der Waals surface area (Å²) >= 11 is 5.85. The first-order valence-corrected chi connectivity index (χ1v) is 12.6. The number of hydrogen-bond acceptors (Lipinski definition) is 10. The van der Waals surface area contributed by atoms with Gasteiger partial charge in [0.2, 0.25) is 5.28 Å². The van der Waals surface area contributed by atoms with Crippen LogP contribution in [0.5, 0.6) is 5.75 Å². The summed E-state index contributed by atoms with van der Waals surface area (Å²) in [6.07, 6.45) is -6.47. The Morgan fingerprint density at radius 3 is 2.50 bits per heavy atom. The molecule has 0 amide bonds. The number of fused-ring (bicyclic) bond motifs is 1. The number of alkyl halides is 1. The van der Waals surface area contributed by atoms with Crippen molar-refractivity contribution in [1.82, 2.24) is 19.5 Å². The Morgan fingerprint density at radius 1 is 1.14 bits per heavy atom. The van der Waals surface area contributed by atoms with Crippen LogP contribution in [0, 0.1) is 5.82 Å². The Hall–Kier alpha value is -4.44. The van der Waals surface area contributed by atoms with Gasteiger partial charge in [-0.3, -0.25) is 4.57 Å². The minimum absolute atomic E-state index is 0.00865. The fourth-order valence-electron chi connectivity index (χ4n) is 4.64. The molecule has 1 fully saturated rings. The Balaban J connectivity index is 1.36. The third-order valence-corrected chi connectivity index (χ3v) is 7.05. The second kappa shape index (κ2) is 11.1. The van der Waals surface area contributed by atoms with E-state index in [-0.39, 0.29) is 33.4 Å². The van der Waals surface area contributed by atoms with E-state index in [4.69, 9.17) is 26.8 Å². The summed E-state index contributed by atoms with van der Waals surface area (Å²) in [6.45, 7) is -0.823. The van der Waals surface area contributed by atoms with Gasteiger partial charge in [-0.1, -0.05) is 36.4 Å². The summed E-state index contributed by atoms with van der Waals surface area (Å²) in [7, 11) is 0. The van der Waals surface area contributed by atoms with Crippen molar-refractivity contribution < 1.29 is 48.3 Å². The Morgan fingerprint density at radius 2 is 1.83 bits per heavy atom. The number of aliphatic carboxylic acids is 2. The van der Waals surface area contributed by atoms with Crippen LogP contribution in [0.1, 0.15) is 11.8 Å². The lowest BCUT2D eigenvalue weighted by molar-refractivity contribution is -0.190. The van der Waals surface area contributed by atoms with Gasteiger partial charge in [0.25, 0.3) is 5.60 Å². The molecule has 4 aromatic rings. The summed E-state index contributed by atoms with van der Waals surface area (Å²) in [5.74, 6) is -5.21. The molecule has 0 saturated carbocycles. The number of aliphatic hydroxyl groups excluding tert-OH is 1. The number of aromatic hydroxyl groups is 1. The summed E-state index contributed by atoms with van der Waals surface area (Å²) in [5.41, 5.74) is 3.78. The highest BCUT2D eigenvalue weighted by Gasteiger charge is 2.52. The molecule has 4 atom stereocenters. The zero-order valence-corrected chi connectivity index (χ0v) is 22.0. The van der Waals surface area contributed by atoms with Gasteiger partial charge in [-0.2, -0.15) is 9.97 Å². The van der Waals surface area contributed by atoms with E-state index in [1.54, 1.807) is 0 Å². The maximum atomic E-state index is 15.2. The predicted octanol–water partition coefficient (Wildman–Crippen LogP) is 2.34. The molecule has 5 rings (SSSR count). The number of nitrogens with two attached hydrogens (primary N) is 1. The molecule has 0 radical (unpaired) electrons. The van der Waals surface area contributed by atoms with Gasteiger partial charge >= 0.3 is 11.9 Å². The summed E-state index contributed by atoms with van der Waals surface area (Å²) in [4.78, 5) is 36.2. The van der Waals surface area contributed by atoms with Crippen molar-refractivity contribution in [3.05, 3.63) is 65.5 Å². The third-order valence-electron chi connectivity index (χ3n) is 6.88. The quantitative estimate of drug-likeness (QED) is 0.138. The number of phenolic OH excluding ortho intramolecular Hbond substituents is 1. The summed E-state index contributed by atoms with van der Waals surface area (Å²) in [5, 5.41) is 40.1. The molecule has 13 nitrogen and oxygen atoms in total. The molecular weight excluding hydrogens is 584 g/mol. The first-order chi connectivity index (χ1) is 19.9. The van der Waals surface area contributed by atoms with E-state index < -0.39 is 66.7 Å². The average molecular weight is 606 g/mol. The number of carboxylic acid groups (broad SMARTS) is 2. The van der Waals surface area contributed by atoms with E-state index in [0.29, 0.717) is 5.56 Å². The minimum Gasteiger partial charge on any atom is -0.504 e. The van der Waals surface area contributed by atoms with Crippen LogP contribution >= 0.6 is 11.6 Å². The van der Waals surface area contributed by atoms with Crippen molar-refractivity contribution in [1.29, 1.82) is 0 Å². The third kappa shape index (κ3) is 5.07. The van der Waals surface area contributed by atoms with E-state index in [0.717, 1.165) is 17.0 Å². The number of phenols is 1. The van der Waals surface area contributed by atoms with Crippen molar-refractivity contribution >= 4 is 40.5 Å². The van der Waals surface area contributed by atoms with Crippen LogP contribution in [-0.4, -0.2) is 82.5 Å². The molecule has 1 aliphatic rings. The fraction of sp³-hybridized carbons (Fsp3) is 0.269. The fourth-order valence-corrected chi connectivity index (χ4v) is 4.81. The molecule has 220 valence electrons. The van der Waals surface area contributed by atoms with Crippen LogP contribution < -0.4 is 5.73 Å². The van der Waals surface area contributed by atoms with Crippen LogP contribution in [0.2, 0.25) is 5.28 Å². The molecular formula is C26H22ClF2N5O8. The van der Waals surface area contributed by atoms with Crippen LogP contribution in [0.4, 0.5) is 14.6 Å². The second-order valence-corrected chi connectivity index (χ2v) is 9.80. The van der Waals surface area contributed by atoms with Gasteiger partial charge in [0.15, 0.2) is 35.4 Å². The van der Waals surface area contributed by atoms with Crippen molar-refractivity contribution in [3.8, 4) is 16.9 Å². The lowest BCUT2D eigenvalue weighted by atomic mass is 9.92. The van der Waals surface area contributed by atoms with Gasteiger partial charge in [0, 0.05) is 12.0 Å².